The van der Waals surface area contributed by atoms with E-state index in [1.807, 2.05) is 10.4 Å². The lowest BCUT2D eigenvalue weighted by Crippen LogP contribution is -2.40. The summed E-state index contributed by atoms with van der Waals surface area (Å²) in [6, 6.07) is 8.58. The van der Waals surface area contributed by atoms with E-state index in [0.29, 0.717) is 43.0 Å². The Hall–Kier alpha value is -3.06. The Morgan fingerprint density at radius 1 is 1.17 bits per heavy atom. The molecule has 2 atom stereocenters. The third kappa shape index (κ3) is 6.56. The molecule has 1 saturated heterocycles. The molecule has 2 aliphatic rings. The van der Waals surface area contributed by atoms with Gasteiger partial charge in [-0.1, -0.05) is 18.7 Å². The highest BCUT2D eigenvalue weighted by molar-refractivity contribution is 7.81. The fraction of sp³-hybridized carbons (Fsp3) is 0.448. The number of hydrogen-bond acceptors (Lipinski definition) is 6. The molecule has 3 N–H and O–H groups in total. The number of fused-ring (bicyclic) bond motifs is 1. The topological polar surface area (TPSA) is 101 Å². The van der Waals surface area contributed by atoms with Crippen LogP contribution < -0.4 is 5.73 Å². The van der Waals surface area contributed by atoms with Gasteiger partial charge < -0.3 is 15.7 Å². The zero-order valence-electron chi connectivity index (χ0n) is 23.0. The van der Waals surface area contributed by atoms with Crippen molar-refractivity contribution in [3.05, 3.63) is 71.7 Å². The number of rotatable bonds is 8. The lowest BCUT2D eigenvalue weighted by atomic mass is 9.87. The maximum Gasteiger partial charge on any atom is 0.416 e. The summed E-state index contributed by atoms with van der Waals surface area (Å²) in [6.45, 7) is 7.54. The quantitative estimate of drug-likeness (QED) is 0.413. The number of nitrogen functional groups attached to an aromatic ring is 1. The molecule has 3 aromatic rings. The molecule has 5 rings (SSSR count). The third-order valence-electron chi connectivity index (χ3n) is 8.02. The minimum absolute atomic E-state index is 0.259. The first-order chi connectivity index (χ1) is 19.5. The van der Waals surface area contributed by atoms with Crippen molar-refractivity contribution in [2.45, 2.75) is 44.6 Å². The van der Waals surface area contributed by atoms with Gasteiger partial charge in [0.1, 0.15) is 0 Å². The molecule has 0 aliphatic carbocycles. The summed E-state index contributed by atoms with van der Waals surface area (Å²) in [7, 11) is -1.19. The van der Waals surface area contributed by atoms with Crippen molar-refractivity contribution in [3.63, 3.8) is 0 Å². The largest absolute Gasteiger partial charge is 0.416 e. The van der Waals surface area contributed by atoms with Crippen molar-refractivity contribution in [2.75, 3.05) is 38.2 Å². The summed E-state index contributed by atoms with van der Waals surface area (Å²) < 4.78 is 55.2. The number of allylic oxidation sites excluding steroid dienone is 1. The maximum atomic E-state index is 13.1. The van der Waals surface area contributed by atoms with Gasteiger partial charge in [0.2, 0.25) is 0 Å². The van der Waals surface area contributed by atoms with Gasteiger partial charge in [0.15, 0.2) is 0 Å². The van der Waals surface area contributed by atoms with E-state index in [9.17, 15) is 22.5 Å². The second-order valence-electron chi connectivity index (χ2n) is 10.8. The van der Waals surface area contributed by atoms with Crippen LogP contribution in [0.1, 0.15) is 35.4 Å². The molecule has 2 unspecified atom stereocenters. The van der Waals surface area contributed by atoms with E-state index < -0.39 is 28.8 Å². The molecule has 2 aromatic heterocycles. The molecule has 1 fully saturated rings. The van der Waals surface area contributed by atoms with Gasteiger partial charge in [-0.2, -0.15) is 18.3 Å². The predicted molar refractivity (Wildman–Crippen MR) is 154 cm³/mol. The van der Waals surface area contributed by atoms with Crippen LogP contribution in [0.2, 0.25) is 0 Å². The predicted octanol–water partition coefficient (Wildman–Crippen LogP) is 3.98. The Morgan fingerprint density at radius 2 is 1.88 bits per heavy atom. The van der Waals surface area contributed by atoms with Gasteiger partial charge >= 0.3 is 6.18 Å². The maximum absolute atomic E-state index is 13.1. The minimum Gasteiger partial charge on any atom is -0.397 e. The standard InChI is InChI=1S/C29H35F3N6O2S/c1-19(27-25(33)4-3-12-34-27)20-9-13-36(14-10-20)16-23(39)17-38-26-11-15-37(41(2)40)18-24(26)28(35-38)21-5-7-22(8-6-21)29(30,31)32/h3-8,12,20,23,39H,1,9-11,13-18,33H2,2H3. The molecule has 220 valence electrons. The van der Waals surface area contributed by atoms with Crippen LogP contribution in [-0.2, 0) is 36.7 Å². The molecule has 0 saturated carbocycles. The third-order valence-corrected chi connectivity index (χ3v) is 9.06. The average Bonchev–Trinajstić information content (AvgIpc) is 3.30. The summed E-state index contributed by atoms with van der Waals surface area (Å²) in [5.41, 5.74) is 10.6. The summed E-state index contributed by atoms with van der Waals surface area (Å²) in [6.07, 6.45) is 0.578. The number of aromatic nitrogens is 3. The number of nitrogens with zero attached hydrogens (tertiary/aromatic N) is 5. The molecular formula is C29H35F3N6O2S. The summed E-state index contributed by atoms with van der Waals surface area (Å²) >= 11 is 0. The molecular weight excluding hydrogens is 553 g/mol. The molecule has 8 nitrogen and oxygen atoms in total. The van der Waals surface area contributed by atoms with E-state index in [-0.39, 0.29) is 12.5 Å². The van der Waals surface area contributed by atoms with E-state index in [1.54, 1.807) is 23.2 Å². The van der Waals surface area contributed by atoms with E-state index in [4.69, 9.17) is 10.8 Å². The van der Waals surface area contributed by atoms with Gasteiger partial charge in [-0.25, -0.2) is 8.51 Å². The average molecular weight is 589 g/mol. The first kappa shape index (κ1) is 29.4. The summed E-state index contributed by atoms with van der Waals surface area (Å²) in [4.78, 5) is 6.63. The molecule has 0 radical (unpaired) electrons. The molecule has 0 amide bonds. The number of aliphatic hydroxyl groups is 1. The second kappa shape index (κ2) is 12.0. The van der Waals surface area contributed by atoms with Gasteiger partial charge in [0.25, 0.3) is 0 Å². The first-order valence-corrected chi connectivity index (χ1v) is 15.2. The summed E-state index contributed by atoms with van der Waals surface area (Å²) in [5.74, 6) is 0.275. The van der Waals surface area contributed by atoms with Crippen LogP contribution in [0.3, 0.4) is 0 Å². The van der Waals surface area contributed by atoms with Crippen molar-refractivity contribution in [2.24, 2.45) is 5.92 Å². The number of nitrogens with two attached hydrogens (primary N) is 1. The van der Waals surface area contributed by atoms with Gasteiger partial charge in [-0.15, -0.1) is 0 Å². The van der Waals surface area contributed by atoms with Crippen LogP contribution in [-0.4, -0.2) is 71.8 Å². The van der Waals surface area contributed by atoms with Gasteiger partial charge in [0, 0.05) is 55.3 Å². The van der Waals surface area contributed by atoms with Crippen LogP contribution in [0.15, 0.2) is 49.2 Å². The zero-order chi connectivity index (χ0) is 29.3. The molecule has 12 heteroatoms. The Bertz CT molecular complexity index is 1420. The fourth-order valence-corrected chi connectivity index (χ4v) is 6.44. The monoisotopic (exact) mass is 588 g/mol. The lowest BCUT2D eigenvalue weighted by molar-refractivity contribution is -0.137. The fourth-order valence-electron chi connectivity index (χ4n) is 5.78. The number of alkyl halides is 3. The normalized spacial score (nSPS) is 18.7. The van der Waals surface area contributed by atoms with Gasteiger partial charge in [-0.05, 0) is 61.7 Å². The number of halogens is 3. The number of aliphatic hydroxyl groups excluding tert-OH is 1. The Balaban J connectivity index is 1.27. The number of hydrogen-bond donors (Lipinski definition) is 2. The SMILES string of the molecule is C=C(c1ncccc1N)C1CCN(CC(O)Cn2nc(-c3ccc(C(F)(F)F)cc3)c3c2CCN(S(C)=O)C3)CC1. The lowest BCUT2D eigenvalue weighted by Gasteiger charge is -2.34. The molecule has 1 aromatic carbocycles. The summed E-state index contributed by atoms with van der Waals surface area (Å²) in [5, 5.41) is 15.8. The first-order valence-electron chi connectivity index (χ1n) is 13.7. The van der Waals surface area contributed by atoms with Crippen molar-refractivity contribution in [3.8, 4) is 11.3 Å². The molecule has 0 bridgehead atoms. The van der Waals surface area contributed by atoms with Crippen LogP contribution >= 0.6 is 0 Å². The highest BCUT2D eigenvalue weighted by Crippen LogP contribution is 2.35. The zero-order valence-corrected chi connectivity index (χ0v) is 23.8. The van der Waals surface area contributed by atoms with Crippen LogP contribution in [0.25, 0.3) is 16.8 Å². The molecule has 4 heterocycles. The van der Waals surface area contributed by atoms with Crippen LogP contribution in [0, 0.1) is 5.92 Å². The number of β-amino-alcohol motifs (C(OH)–C–C–N with tert-alkyl or cyclic N) is 1. The number of benzene rings is 1. The van der Waals surface area contributed by atoms with E-state index in [2.05, 4.69) is 16.5 Å². The number of likely N-dealkylation sites (tertiary alicyclic amines) is 1. The molecule has 0 spiro atoms. The van der Waals surface area contributed by atoms with E-state index in [1.165, 1.54) is 12.1 Å². The number of pyridine rings is 1. The van der Waals surface area contributed by atoms with Crippen molar-refractivity contribution >= 4 is 22.2 Å². The van der Waals surface area contributed by atoms with E-state index >= 15 is 0 Å². The van der Waals surface area contributed by atoms with Crippen molar-refractivity contribution in [1.82, 2.24) is 24.0 Å². The van der Waals surface area contributed by atoms with Crippen molar-refractivity contribution < 1.29 is 22.5 Å². The van der Waals surface area contributed by atoms with Crippen LogP contribution in [0.4, 0.5) is 18.9 Å². The Kier molecular flexibility index (Phi) is 8.65. The second-order valence-corrected chi connectivity index (χ2v) is 12.1. The minimum atomic E-state index is -4.43. The van der Waals surface area contributed by atoms with E-state index in [0.717, 1.165) is 60.6 Å². The molecule has 2 aliphatic heterocycles. The Labute approximate surface area is 240 Å². The highest BCUT2D eigenvalue weighted by Gasteiger charge is 2.32. The smallest absolute Gasteiger partial charge is 0.397 e. The van der Waals surface area contributed by atoms with Gasteiger partial charge in [0.05, 0.1) is 46.3 Å². The van der Waals surface area contributed by atoms with Gasteiger partial charge in [-0.3, -0.25) is 9.67 Å². The van der Waals surface area contributed by atoms with Crippen LogP contribution in [0.5, 0.6) is 0 Å². The number of piperidine rings is 1. The number of anilines is 1. The highest BCUT2D eigenvalue weighted by atomic mass is 32.2. The molecule has 41 heavy (non-hydrogen) atoms. The van der Waals surface area contributed by atoms with Crippen molar-refractivity contribution in [1.29, 1.82) is 0 Å². The Morgan fingerprint density at radius 3 is 2.51 bits per heavy atom.